The number of hydrogen-bond donors (Lipinski definition) is 4. The Labute approximate surface area is 144 Å². The monoisotopic (exact) mass is 360 g/mol. The predicted octanol–water partition coefficient (Wildman–Crippen LogP) is 0.729. The smallest absolute Gasteiger partial charge is 0.257 e. The van der Waals surface area contributed by atoms with Gasteiger partial charge in [0, 0.05) is 31.2 Å². The van der Waals surface area contributed by atoms with Crippen LogP contribution in [0, 0.1) is 0 Å². The summed E-state index contributed by atoms with van der Waals surface area (Å²) >= 11 is 0. The lowest BCUT2D eigenvalue weighted by molar-refractivity contribution is 0.579. The molecule has 0 aliphatic rings. The van der Waals surface area contributed by atoms with Gasteiger partial charge < -0.3 is 15.6 Å². The molecule has 0 saturated heterocycles. The van der Waals surface area contributed by atoms with E-state index in [1.54, 1.807) is 24.5 Å². The standard InChI is InChI=1S/C14H16N8O2S/c23-25(24,14-9-16-10-18-14)19-8-7-17-12-1-2-13(22-21-12)20-11-3-5-15-6-4-11/h1-6,9-10,19H,7-8H2,(H,16,18)(H,17,21)(H,15,20,22). The molecule has 130 valence electrons. The lowest BCUT2D eigenvalue weighted by Crippen LogP contribution is -2.29. The number of imidazole rings is 1. The molecule has 0 aliphatic carbocycles. The van der Waals surface area contributed by atoms with Crippen LogP contribution in [0.15, 0.2) is 54.2 Å². The van der Waals surface area contributed by atoms with E-state index in [1.807, 2.05) is 12.1 Å². The van der Waals surface area contributed by atoms with E-state index in [-0.39, 0.29) is 11.6 Å². The second kappa shape index (κ2) is 7.68. The van der Waals surface area contributed by atoms with Gasteiger partial charge in [0.25, 0.3) is 10.0 Å². The van der Waals surface area contributed by atoms with Crippen molar-refractivity contribution < 1.29 is 8.42 Å². The van der Waals surface area contributed by atoms with Crippen LogP contribution in [0.25, 0.3) is 0 Å². The number of rotatable bonds is 8. The molecule has 0 bridgehead atoms. The van der Waals surface area contributed by atoms with Crippen LogP contribution in [0.3, 0.4) is 0 Å². The van der Waals surface area contributed by atoms with Crippen LogP contribution in [-0.2, 0) is 10.0 Å². The predicted molar refractivity (Wildman–Crippen MR) is 91.8 cm³/mol. The van der Waals surface area contributed by atoms with Gasteiger partial charge in [0.2, 0.25) is 0 Å². The number of pyridine rings is 1. The molecule has 3 rings (SSSR count). The molecular formula is C14H16N8O2S. The molecule has 0 fully saturated rings. The molecule has 0 saturated carbocycles. The second-order valence-electron chi connectivity index (χ2n) is 4.91. The van der Waals surface area contributed by atoms with Crippen molar-refractivity contribution in [3.63, 3.8) is 0 Å². The van der Waals surface area contributed by atoms with Gasteiger partial charge >= 0.3 is 0 Å². The average Bonchev–Trinajstić information content (AvgIpc) is 3.17. The third-order valence-electron chi connectivity index (χ3n) is 3.10. The fourth-order valence-corrected chi connectivity index (χ4v) is 2.85. The van der Waals surface area contributed by atoms with Gasteiger partial charge in [-0.15, -0.1) is 10.2 Å². The van der Waals surface area contributed by atoms with Crippen molar-refractivity contribution in [3.8, 4) is 0 Å². The molecule has 0 aliphatic heterocycles. The minimum atomic E-state index is -3.57. The highest BCUT2D eigenvalue weighted by Gasteiger charge is 2.14. The lowest BCUT2D eigenvalue weighted by atomic mass is 10.4. The van der Waals surface area contributed by atoms with Crippen LogP contribution in [0.2, 0.25) is 0 Å². The van der Waals surface area contributed by atoms with Gasteiger partial charge in [-0.05, 0) is 24.3 Å². The molecular weight excluding hydrogens is 344 g/mol. The van der Waals surface area contributed by atoms with E-state index in [0.29, 0.717) is 18.2 Å². The Balaban J connectivity index is 1.46. The molecule has 3 aromatic heterocycles. The molecule has 11 heteroatoms. The van der Waals surface area contributed by atoms with Gasteiger partial charge in [0.1, 0.15) is 5.82 Å². The first-order valence-electron chi connectivity index (χ1n) is 7.36. The van der Waals surface area contributed by atoms with Crippen molar-refractivity contribution >= 4 is 27.3 Å². The molecule has 3 aromatic rings. The summed E-state index contributed by atoms with van der Waals surface area (Å²) in [6, 6.07) is 7.16. The maximum absolute atomic E-state index is 11.9. The van der Waals surface area contributed by atoms with E-state index in [2.05, 4.69) is 40.5 Å². The topological polar surface area (TPSA) is 138 Å². The van der Waals surface area contributed by atoms with E-state index in [1.165, 1.54) is 12.5 Å². The molecule has 3 heterocycles. The molecule has 25 heavy (non-hydrogen) atoms. The fourth-order valence-electron chi connectivity index (χ4n) is 1.92. The van der Waals surface area contributed by atoms with E-state index in [9.17, 15) is 8.42 Å². The second-order valence-corrected chi connectivity index (χ2v) is 6.64. The summed E-state index contributed by atoms with van der Waals surface area (Å²) in [5.74, 6) is 1.14. The summed E-state index contributed by atoms with van der Waals surface area (Å²) in [6.07, 6.45) is 5.91. The van der Waals surface area contributed by atoms with Gasteiger partial charge in [-0.2, -0.15) is 0 Å². The van der Waals surface area contributed by atoms with E-state index in [4.69, 9.17) is 0 Å². The van der Waals surface area contributed by atoms with Crippen molar-refractivity contribution in [3.05, 3.63) is 49.2 Å². The molecule has 10 nitrogen and oxygen atoms in total. The van der Waals surface area contributed by atoms with Gasteiger partial charge in [-0.25, -0.2) is 18.1 Å². The average molecular weight is 360 g/mol. The maximum atomic E-state index is 11.9. The number of aromatic nitrogens is 5. The fraction of sp³-hybridized carbons (Fsp3) is 0.143. The molecule has 0 spiro atoms. The minimum absolute atomic E-state index is 0.0267. The Morgan fingerprint density at radius 2 is 1.72 bits per heavy atom. The minimum Gasteiger partial charge on any atom is -0.367 e. The Bertz CT molecular complexity index is 882. The Morgan fingerprint density at radius 1 is 0.960 bits per heavy atom. The first kappa shape index (κ1) is 16.8. The summed E-state index contributed by atoms with van der Waals surface area (Å²) in [4.78, 5) is 10.2. The van der Waals surface area contributed by atoms with Crippen molar-refractivity contribution in [2.45, 2.75) is 5.03 Å². The molecule has 0 aromatic carbocycles. The normalized spacial score (nSPS) is 11.2. The Kier molecular flexibility index (Phi) is 5.16. The number of sulfonamides is 1. The number of aromatic amines is 1. The zero-order valence-corrected chi connectivity index (χ0v) is 13.9. The molecule has 0 unspecified atom stereocenters. The molecule has 4 N–H and O–H groups in total. The van der Waals surface area contributed by atoms with Crippen molar-refractivity contribution in [2.75, 3.05) is 23.7 Å². The van der Waals surface area contributed by atoms with Crippen LogP contribution in [0.1, 0.15) is 0 Å². The van der Waals surface area contributed by atoms with E-state index < -0.39 is 10.0 Å². The summed E-state index contributed by atoms with van der Waals surface area (Å²) in [5, 5.41) is 14.2. The van der Waals surface area contributed by atoms with Crippen LogP contribution in [0.5, 0.6) is 0 Å². The number of nitrogens with one attached hydrogen (secondary N) is 4. The Hall–Kier alpha value is -3.05. The van der Waals surface area contributed by atoms with Gasteiger partial charge in [-0.3, -0.25) is 4.98 Å². The summed E-state index contributed by atoms with van der Waals surface area (Å²) in [5.41, 5.74) is 0.859. The van der Waals surface area contributed by atoms with Gasteiger partial charge in [-0.1, -0.05) is 0 Å². The van der Waals surface area contributed by atoms with Crippen LogP contribution in [0.4, 0.5) is 17.3 Å². The van der Waals surface area contributed by atoms with Crippen LogP contribution in [-0.4, -0.2) is 46.7 Å². The zero-order chi connectivity index (χ0) is 17.5. The van der Waals surface area contributed by atoms with Crippen molar-refractivity contribution in [1.29, 1.82) is 0 Å². The van der Waals surface area contributed by atoms with Gasteiger partial charge in [0.05, 0.1) is 12.5 Å². The number of hydrogen-bond acceptors (Lipinski definition) is 8. The highest BCUT2D eigenvalue weighted by atomic mass is 32.2. The summed E-state index contributed by atoms with van der Waals surface area (Å²) in [7, 11) is -3.57. The number of anilines is 3. The quantitative estimate of drug-likeness (QED) is 0.431. The highest BCUT2D eigenvalue weighted by molar-refractivity contribution is 7.89. The SMILES string of the molecule is O=S(=O)(NCCNc1ccc(Nc2ccncc2)nn1)c1cnc[nH]1. The summed E-state index contributed by atoms with van der Waals surface area (Å²) in [6.45, 7) is 0.555. The number of nitrogens with zero attached hydrogens (tertiary/aromatic N) is 4. The first-order chi connectivity index (χ1) is 12.1. The van der Waals surface area contributed by atoms with Crippen LogP contribution < -0.4 is 15.4 Å². The van der Waals surface area contributed by atoms with Crippen molar-refractivity contribution in [1.82, 2.24) is 29.9 Å². The third-order valence-corrected chi connectivity index (χ3v) is 4.49. The van der Waals surface area contributed by atoms with Gasteiger partial charge in [0.15, 0.2) is 10.8 Å². The molecule has 0 amide bonds. The highest BCUT2D eigenvalue weighted by Crippen LogP contribution is 2.13. The van der Waals surface area contributed by atoms with Crippen molar-refractivity contribution in [2.24, 2.45) is 0 Å². The largest absolute Gasteiger partial charge is 0.367 e. The third kappa shape index (κ3) is 4.71. The van der Waals surface area contributed by atoms with E-state index >= 15 is 0 Å². The molecule has 0 radical (unpaired) electrons. The van der Waals surface area contributed by atoms with Crippen LogP contribution >= 0.6 is 0 Å². The first-order valence-corrected chi connectivity index (χ1v) is 8.84. The number of H-pyrrole nitrogens is 1. The van der Waals surface area contributed by atoms with E-state index in [0.717, 1.165) is 5.69 Å². The maximum Gasteiger partial charge on any atom is 0.257 e. The summed E-state index contributed by atoms with van der Waals surface area (Å²) < 4.78 is 26.2. The zero-order valence-electron chi connectivity index (χ0n) is 13.0. The molecule has 0 atom stereocenters. The lowest BCUT2D eigenvalue weighted by Gasteiger charge is -2.08. The Morgan fingerprint density at radius 3 is 2.40 bits per heavy atom.